The second-order valence-electron chi connectivity index (χ2n) is 3.05. The summed E-state index contributed by atoms with van der Waals surface area (Å²) in [6.45, 7) is 3.60. The summed E-state index contributed by atoms with van der Waals surface area (Å²) in [7, 11) is 1.62. The SMILES string of the molecule is CCc1c(Br)cc(C(C)=O)cc1OC. The van der Waals surface area contributed by atoms with Gasteiger partial charge in [-0.3, -0.25) is 4.79 Å². The fraction of sp³-hybridized carbons (Fsp3) is 0.364. The number of rotatable bonds is 3. The van der Waals surface area contributed by atoms with Crippen molar-refractivity contribution in [3.63, 3.8) is 0 Å². The van der Waals surface area contributed by atoms with Gasteiger partial charge < -0.3 is 4.74 Å². The smallest absolute Gasteiger partial charge is 0.159 e. The molecule has 14 heavy (non-hydrogen) atoms. The first-order valence-electron chi connectivity index (χ1n) is 4.47. The molecule has 0 radical (unpaired) electrons. The maximum absolute atomic E-state index is 11.2. The van der Waals surface area contributed by atoms with E-state index in [4.69, 9.17) is 4.74 Å². The van der Waals surface area contributed by atoms with Crippen LogP contribution in [0.4, 0.5) is 0 Å². The zero-order chi connectivity index (χ0) is 10.7. The summed E-state index contributed by atoms with van der Waals surface area (Å²) in [4.78, 5) is 11.2. The van der Waals surface area contributed by atoms with Crippen molar-refractivity contribution in [1.29, 1.82) is 0 Å². The lowest BCUT2D eigenvalue weighted by Gasteiger charge is -2.10. The van der Waals surface area contributed by atoms with E-state index in [0.29, 0.717) is 5.56 Å². The third-order valence-corrected chi connectivity index (χ3v) is 2.84. The minimum absolute atomic E-state index is 0.0478. The summed E-state index contributed by atoms with van der Waals surface area (Å²) in [6.07, 6.45) is 0.877. The molecule has 1 aromatic rings. The van der Waals surface area contributed by atoms with Gasteiger partial charge in [-0.2, -0.15) is 0 Å². The summed E-state index contributed by atoms with van der Waals surface area (Å²) in [5.74, 6) is 0.818. The van der Waals surface area contributed by atoms with Gasteiger partial charge in [-0.25, -0.2) is 0 Å². The molecule has 2 nitrogen and oxygen atoms in total. The Morgan fingerprint density at radius 1 is 1.50 bits per heavy atom. The van der Waals surface area contributed by atoms with E-state index >= 15 is 0 Å². The molecule has 0 atom stereocenters. The molecular weight excluding hydrogens is 244 g/mol. The first-order valence-corrected chi connectivity index (χ1v) is 5.26. The fourth-order valence-corrected chi connectivity index (χ4v) is 2.06. The topological polar surface area (TPSA) is 26.3 Å². The number of carbonyl (C=O) groups is 1. The van der Waals surface area contributed by atoms with Crippen LogP contribution in [0.15, 0.2) is 16.6 Å². The minimum atomic E-state index is 0.0478. The van der Waals surface area contributed by atoms with E-state index in [1.165, 1.54) is 0 Å². The van der Waals surface area contributed by atoms with E-state index < -0.39 is 0 Å². The Morgan fingerprint density at radius 3 is 2.57 bits per heavy atom. The molecule has 0 aliphatic heterocycles. The van der Waals surface area contributed by atoms with Crippen molar-refractivity contribution in [2.24, 2.45) is 0 Å². The molecule has 1 rings (SSSR count). The van der Waals surface area contributed by atoms with Gasteiger partial charge in [0.25, 0.3) is 0 Å². The normalized spacial score (nSPS) is 10.0. The highest BCUT2D eigenvalue weighted by Crippen LogP contribution is 2.29. The van der Waals surface area contributed by atoms with Gasteiger partial charge in [-0.05, 0) is 25.5 Å². The minimum Gasteiger partial charge on any atom is -0.496 e. The highest BCUT2D eigenvalue weighted by Gasteiger charge is 2.10. The van der Waals surface area contributed by atoms with Crippen molar-refractivity contribution in [2.45, 2.75) is 20.3 Å². The second-order valence-corrected chi connectivity index (χ2v) is 3.90. The van der Waals surface area contributed by atoms with E-state index in [1.807, 2.05) is 6.07 Å². The van der Waals surface area contributed by atoms with Crippen LogP contribution in [0.3, 0.4) is 0 Å². The number of halogens is 1. The number of hydrogen-bond acceptors (Lipinski definition) is 2. The largest absolute Gasteiger partial charge is 0.496 e. The van der Waals surface area contributed by atoms with Crippen LogP contribution in [-0.4, -0.2) is 12.9 Å². The summed E-state index contributed by atoms with van der Waals surface area (Å²) in [5.41, 5.74) is 1.77. The second kappa shape index (κ2) is 4.60. The van der Waals surface area contributed by atoms with E-state index in [2.05, 4.69) is 22.9 Å². The van der Waals surface area contributed by atoms with Crippen LogP contribution < -0.4 is 4.74 Å². The first kappa shape index (κ1) is 11.2. The molecule has 0 heterocycles. The monoisotopic (exact) mass is 256 g/mol. The standard InChI is InChI=1S/C11H13BrO2/c1-4-9-10(12)5-8(7(2)13)6-11(9)14-3/h5-6H,4H2,1-3H3. The fourth-order valence-electron chi connectivity index (χ4n) is 1.34. The number of ketones is 1. The van der Waals surface area contributed by atoms with Crippen LogP contribution in [0, 0.1) is 0 Å². The van der Waals surface area contributed by atoms with Crippen molar-refractivity contribution >= 4 is 21.7 Å². The molecule has 0 amide bonds. The number of benzene rings is 1. The Kier molecular flexibility index (Phi) is 3.69. The summed E-state index contributed by atoms with van der Waals surface area (Å²) in [5, 5.41) is 0. The molecule has 1 aromatic carbocycles. The van der Waals surface area contributed by atoms with Gasteiger partial charge in [0.2, 0.25) is 0 Å². The Balaban J connectivity index is 3.31. The van der Waals surface area contributed by atoms with Gasteiger partial charge >= 0.3 is 0 Å². The Bertz CT molecular complexity index is 359. The molecule has 0 unspecified atom stereocenters. The molecule has 0 N–H and O–H groups in total. The third kappa shape index (κ3) is 2.15. The predicted molar refractivity (Wildman–Crippen MR) is 60.1 cm³/mol. The van der Waals surface area contributed by atoms with Gasteiger partial charge in [0.05, 0.1) is 7.11 Å². The summed E-state index contributed by atoms with van der Waals surface area (Å²) >= 11 is 3.44. The Morgan fingerprint density at radius 2 is 2.14 bits per heavy atom. The molecule has 0 aliphatic carbocycles. The van der Waals surface area contributed by atoms with E-state index in [1.54, 1.807) is 20.1 Å². The van der Waals surface area contributed by atoms with Gasteiger partial charge in [-0.15, -0.1) is 0 Å². The van der Waals surface area contributed by atoms with Crippen molar-refractivity contribution < 1.29 is 9.53 Å². The number of methoxy groups -OCH3 is 1. The van der Waals surface area contributed by atoms with E-state index in [9.17, 15) is 4.79 Å². The average Bonchev–Trinajstić information content (AvgIpc) is 2.16. The molecule has 76 valence electrons. The van der Waals surface area contributed by atoms with Crippen molar-refractivity contribution in [3.05, 3.63) is 27.7 Å². The van der Waals surface area contributed by atoms with Crippen molar-refractivity contribution in [3.8, 4) is 5.75 Å². The molecule has 0 aromatic heterocycles. The van der Waals surface area contributed by atoms with E-state index in [-0.39, 0.29) is 5.78 Å². The van der Waals surface area contributed by atoms with Crippen LogP contribution in [0.25, 0.3) is 0 Å². The predicted octanol–water partition coefficient (Wildman–Crippen LogP) is 3.22. The third-order valence-electron chi connectivity index (χ3n) is 2.13. The van der Waals surface area contributed by atoms with Crippen LogP contribution in [0.2, 0.25) is 0 Å². The zero-order valence-corrected chi connectivity index (χ0v) is 10.1. The molecule has 0 saturated carbocycles. The summed E-state index contributed by atoms with van der Waals surface area (Å²) < 4.78 is 6.16. The summed E-state index contributed by atoms with van der Waals surface area (Å²) in [6, 6.07) is 3.62. The van der Waals surface area contributed by atoms with Crippen molar-refractivity contribution in [1.82, 2.24) is 0 Å². The Hall–Kier alpha value is -0.830. The lowest BCUT2D eigenvalue weighted by atomic mass is 10.1. The number of carbonyl (C=O) groups excluding carboxylic acids is 1. The van der Waals surface area contributed by atoms with Crippen LogP contribution in [0.1, 0.15) is 29.8 Å². The Labute approximate surface area is 92.4 Å². The molecule has 0 fully saturated rings. The van der Waals surface area contributed by atoms with Crippen LogP contribution in [0.5, 0.6) is 5.75 Å². The molecular formula is C11H13BrO2. The average molecular weight is 257 g/mol. The number of Topliss-reactive ketones (excluding diaryl/α,β-unsaturated/α-hetero) is 1. The van der Waals surface area contributed by atoms with Crippen molar-refractivity contribution in [2.75, 3.05) is 7.11 Å². The lowest BCUT2D eigenvalue weighted by Crippen LogP contribution is -1.98. The highest BCUT2D eigenvalue weighted by atomic mass is 79.9. The van der Waals surface area contributed by atoms with Crippen LogP contribution in [-0.2, 0) is 6.42 Å². The molecule has 0 spiro atoms. The van der Waals surface area contributed by atoms with Gasteiger partial charge in [0.15, 0.2) is 5.78 Å². The zero-order valence-electron chi connectivity index (χ0n) is 8.56. The molecule has 0 bridgehead atoms. The molecule has 0 aliphatic rings. The van der Waals surface area contributed by atoms with Gasteiger partial charge in [0.1, 0.15) is 5.75 Å². The van der Waals surface area contributed by atoms with Gasteiger partial charge in [-0.1, -0.05) is 22.9 Å². The highest BCUT2D eigenvalue weighted by molar-refractivity contribution is 9.10. The molecule has 0 saturated heterocycles. The van der Waals surface area contributed by atoms with Crippen LogP contribution >= 0.6 is 15.9 Å². The number of hydrogen-bond donors (Lipinski definition) is 0. The first-order chi connectivity index (χ1) is 6.60. The molecule has 3 heteroatoms. The maximum atomic E-state index is 11.2. The maximum Gasteiger partial charge on any atom is 0.159 e. The van der Waals surface area contributed by atoms with Gasteiger partial charge in [0, 0.05) is 15.6 Å². The van der Waals surface area contributed by atoms with E-state index in [0.717, 1.165) is 22.2 Å². The lowest BCUT2D eigenvalue weighted by molar-refractivity contribution is 0.101. The quantitative estimate of drug-likeness (QED) is 0.777. The number of ether oxygens (including phenoxy) is 1.